The Bertz CT molecular complexity index is 753. The van der Waals surface area contributed by atoms with Crippen LogP contribution in [0.25, 0.3) is 0 Å². The lowest BCUT2D eigenvalue weighted by Crippen LogP contribution is -2.40. The number of hydrogen-bond acceptors (Lipinski definition) is 4. The van der Waals surface area contributed by atoms with E-state index < -0.39 is 10.0 Å². The van der Waals surface area contributed by atoms with E-state index in [0.717, 1.165) is 19.3 Å². The molecule has 26 heavy (non-hydrogen) atoms. The Labute approximate surface area is 157 Å². The third kappa shape index (κ3) is 4.64. The summed E-state index contributed by atoms with van der Waals surface area (Å²) in [4.78, 5) is 14.6. The van der Waals surface area contributed by atoms with Crippen LogP contribution in [0.5, 0.6) is 0 Å². The number of amides is 1. The highest BCUT2D eigenvalue weighted by Gasteiger charge is 2.29. The number of benzene rings is 1. The molecule has 1 amide bonds. The molecule has 0 aromatic heterocycles. The summed E-state index contributed by atoms with van der Waals surface area (Å²) in [6.45, 7) is 7.83. The maximum atomic E-state index is 13.0. The van der Waals surface area contributed by atoms with E-state index in [1.807, 2.05) is 13.8 Å². The highest BCUT2D eigenvalue weighted by molar-refractivity contribution is 7.89. The molecule has 2 N–H and O–H groups in total. The van der Waals surface area contributed by atoms with E-state index in [1.165, 1.54) is 10.4 Å². The standard InChI is InChI=1S/C19H31N3O3S/c1-15-8-9-16(18(23)21(4)14-19(2,3)13-20)12-17(15)26(24,25)22-10-6-5-7-11-22/h8-9,12H,5-7,10-11,13-14,20H2,1-4H3. The minimum atomic E-state index is -3.57. The van der Waals surface area contributed by atoms with Crippen molar-refractivity contribution in [3.8, 4) is 0 Å². The molecule has 6 nitrogen and oxygen atoms in total. The SMILES string of the molecule is Cc1ccc(C(=O)N(C)CC(C)(C)CN)cc1S(=O)(=O)N1CCCCC1. The minimum Gasteiger partial charge on any atom is -0.341 e. The predicted molar refractivity (Wildman–Crippen MR) is 104 cm³/mol. The first kappa shape index (κ1) is 20.9. The van der Waals surface area contributed by atoms with Gasteiger partial charge in [-0.2, -0.15) is 4.31 Å². The summed E-state index contributed by atoms with van der Waals surface area (Å²) in [5, 5.41) is 0. The van der Waals surface area contributed by atoms with Crippen molar-refractivity contribution in [3.63, 3.8) is 0 Å². The fourth-order valence-electron chi connectivity index (χ4n) is 3.25. The maximum Gasteiger partial charge on any atom is 0.253 e. The molecular formula is C19H31N3O3S. The van der Waals surface area contributed by atoms with Gasteiger partial charge in [-0.3, -0.25) is 4.79 Å². The van der Waals surface area contributed by atoms with Gasteiger partial charge in [-0.25, -0.2) is 8.42 Å². The predicted octanol–water partition coefficient (Wildman–Crippen LogP) is 2.23. The molecular weight excluding hydrogens is 350 g/mol. The van der Waals surface area contributed by atoms with Gasteiger partial charge in [-0.15, -0.1) is 0 Å². The van der Waals surface area contributed by atoms with Crippen molar-refractivity contribution in [2.24, 2.45) is 11.1 Å². The van der Waals surface area contributed by atoms with Gasteiger partial charge in [-0.1, -0.05) is 26.3 Å². The lowest BCUT2D eigenvalue weighted by Gasteiger charge is -2.29. The third-order valence-electron chi connectivity index (χ3n) is 4.93. The van der Waals surface area contributed by atoms with E-state index in [2.05, 4.69) is 0 Å². The number of carbonyl (C=O) groups is 1. The summed E-state index contributed by atoms with van der Waals surface area (Å²) >= 11 is 0. The van der Waals surface area contributed by atoms with Crippen LogP contribution in [0.2, 0.25) is 0 Å². The molecule has 146 valence electrons. The van der Waals surface area contributed by atoms with Gasteiger partial charge < -0.3 is 10.6 Å². The van der Waals surface area contributed by atoms with Crippen molar-refractivity contribution in [2.45, 2.75) is 44.9 Å². The number of carbonyl (C=O) groups excluding carboxylic acids is 1. The summed E-state index contributed by atoms with van der Waals surface area (Å²) in [7, 11) is -1.85. The van der Waals surface area contributed by atoms with Gasteiger partial charge >= 0.3 is 0 Å². The minimum absolute atomic E-state index is 0.193. The third-order valence-corrected chi connectivity index (χ3v) is 6.97. The zero-order valence-electron chi connectivity index (χ0n) is 16.3. The second kappa shape index (κ2) is 8.06. The number of nitrogens with zero attached hydrogens (tertiary/aromatic N) is 2. The molecule has 0 unspecified atom stereocenters. The Kier molecular flexibility index (Phi) is 6.47. The fraction of sp³-hybridized carbons (Fsp3) is 0.632. The lowest BCUT2D eigenvalue weighted by molar-refractivity contribution is 0.0740. The van der Waals surface area contributed by atoms with Crippen LogP contribution in [-0.4, -0.2) is 56.8 Å². The number of sulfonamides is 1. The Morgan fingerprint density at radius 3 is 2.42 bits per heavy atom. The Balaban J connectivity index is 2.30. The molecule has 0 saturated carbocycles. The van der Waals surface area contributed by atoms with Crippen molar-refractivity contribution in [1.82, 2.24) is 9.21 Å². The molecule has 1 aliphatic heterocycles. The lowest BCUT2D eigenvalue weighted by atomic mass is 9.93. The number of piperidine rings is 1. The van der Waals surface area contributed by atoms with Crippen molar-refractivity contribution in [2.75, 3.05) is 33.2 Å². The van der Waals surface area contributed by atoms with Crippen molar-refractivity contribution in [1.29, 1.82) is 0 Å². The van der Waals surface area contributed by atoms with Crippen LogP contribution in [-0.2, 0) is 10.0 Å². The molecule has 2 rings (SSSR count). The fourth-order valence-corrected chi connectivity index (χ4v) is 5.02. The van der Waals surface area contributed by atoms with Gasteiger partial charge in [0.2, 0.25) is 10.0 Å². The van der Waals surface area contributed by atoms with Crippen LogP contribution in [0.15, 0.2) is 23.1 Å². The van der Waals surface area contributed by atoms with Crippen LogP contribution in [0.3, 0.4) is 0 Å². The highest BCUT2D eigenvalue weighted by Crippen LogP contribution is 2.25. The van der Waals surface area contributed by atoms with Gasteiger partial charge in [0.15, 0.2) is 0 Å². The first-order valence-electron chi connectivity index (χ1n) is 9.15. The Morgan fingerprint density at radius 1 is 1.23 bits per heavy atom. The molecule has 0 radical (unpaired) electrons. The average molecular weight is 382 g/mol. The molecule has 1 saturated heterocycles. The van der Waals surface area contributed by atoms with E-state index in [1.54, 1.807) is 31.0 Å². The summed E-state index contributed by atoms with van der Waals surface area (Å²) in [5.41, 5.74) is 6.61. The number of hydrogen-bond donors (Lipinski definition) is 1. The smallest absolute Gasteiger partial charge is 0.253 e. The summed E-state index contributed by atoms with van der Waals surface area (Å²) in [5.74, 6) is -0.193. The van der Waals surface area contributed by atoms with Crippen LogP contribution in [0.4, 0.5) is 0 Å². The Hall–Kier alpha value is -1.44. The zero-order valence-corrected chi connectivity index (χ0v) is 17.1. The van der Waals surface area contributed by atoms with E-state index in [9.17, 15) is 13.2 Å². The summed E-state index contributed by atoms with van der Waals surface area (Å²) < 4.78 is 27.6. The average Bonchev–Trinajstić information content (AvgIpc) is 2.61. The number of rotatable bonds is 6. The van der Waals surface area contributed by atoms with Gasteiger partial charge in [-0.05, 0) is 49.4 Å². The van der Waals surface area contributed by atoms with Crippen molar-refractivity contribution >= 4 is 15.9 Å². The molecule has 0 atom stereocenters. The van der Waals surface area contributed by atoms with Crippen molar-refractivity contribution in [3.05, 3.63) is 29.3 Å². The number of aryl methyl sites for hydroxylation is 1. The molecule has 1 aliphatic rings. The molecule has 1 fully saturated rings. The quantitative estimate of drug-likeness (QED) is 0.819. The second-order valence-corrected chi connectivity index (χ2v) is 9.88. The van der Waals surface area contributed by atoms with Gasteiger partial charge in [0.05, 0.1) is 4.90 Å². The van der Waals surface area contributed by atoms with Gasteiger partial charge in [0.1, 0.15) is 0 Å². The first-order chi connectivity index (χ1) is 12.1. The van der Waals surface area contributed by atoms with Crippen LogP contribution >= 0.6 is 0 Å². The monoisotopic (exact) mass is 381 g/mol. The Morgan fingerprint density at radius 2 is 1.85 bits per heavy atom. The molecule has 1 aromatic carbocycles. The molecule has 0 bridgehead atoms. The van der Waals surface area contributed by atoms with E-state index in [-0.39, 0.29) is 16.2 Å². The van der Waals surface area contributed by atoms with E-state index in [4.69, 9.17) is 5.73 Å². The molecule has 0 aliphatic carbocycles. The van der Waals surface area contributed by atoms with E-state index in [0.29, 0.717) is 37.3 Å². The molecule has 0 spiro atoms. The van der Waals surface area contributed by atoms with E-state index >= 15 is 0 Å². The topological polar surface area (TPSA) is 83.7 Å². The largest absolute Gasteiger partial charge is 0.341 e. The maximum absolute atomic E-state index is 13.0. The zero-order chi connectivity index (χ0) is 19.5. The first-order valence-corrected chi connectivity index (χ1v) is 10.6. The van der Waals surface area contributed by atoms with Crippen molar-refractivity contribution < 1.29 is 13.2 Å². The van der Waals surface area contributed by atoms with Crippen LogP contribution in [0.1, 0.15) is 49.0 Å². The summed E-state index contributed by atoms with van der Waals surface area (Å²) in [6.07, 6.45) is 2.83. The number of nitrogens with two attached hydrogens (primary N) is 1. The molecule has 1 heterocycles. The highest BCUT2D eigenvalue weighted by atomic mass is 32.2. The van der Waals surface area contributed by atoms with Gasteiger partial charge in [0.25, 0.3) is 5.91 Å². The second-order valence-electron chi connectivity index (χ2n) is 7.97. The van der Waals surface area contributed by atoms with Crippen LogP contribution in [0, 0.1) is 12.3 Å². The summed E-state index contributed by atoms with van der Waals surface area (Å²) in [6, 6.07) is 4.93. The molecule has 1 aromatic rings. The molecule has 7 heteroatoms. The normalized spacial score (nSPS) is 16.5. The van der Waals surface area contributed by atoms with Crippen LogP contribution < -0.4 is 5.73 Å². The van der Waals surface area contributed by atoms with Gasteiger partial charge in [0, 0.05) is 32.2 Å².